The lowest BCUT2D eigenvalue weighted by molar-refractivity contribution is -0.745. The third kappa shape index (κ3) is 5.60. The summed E-state index contributed by atoms with van der Waals surface area (Å²) in [6, 6.07) is 18.3. The second-order valence-electron chi connectivity index (χ2n) is 14.0. The average Bonchev–Trinajstić information content (AvgIpc) is 3.90. The summed E-state index contributed by atoms with van der Waals surface area (Å²) in [6.07, 6.45) is 6.22. The summed E-state index contributed by atoms with van der Waals surface area (Å²) in [5.74, 6) is 1.09. The van der Waals surface area contributed by atoms with Crippen LogP contribution >= 0.6 is 34.0 Å². The average molecular weight is 709 g/mol. The Hall–Kier alpha value is -3.60. The lowest BCUT2D eigenvalue weighted by atomic mass is 9.52. The van der Waals surface area contributed by atoms with Gasteiger partial charge in [0.25, 0.3) is 0 Å². The molecule has 1 aliphatic carbocycles. The first-order valence-electron chi connectivity index (χ1n) is 17.2. The van der Waals surface area contributed by atoms with Crippen LogP contribution in [0, 0.1) is 19.8 Å². The molecule has 6 nitrogen and oxygen atoms in total. The van der Waals surface area contributed by atoms with Gasteiger partial charge in [0.2, 0.25) is 0 Å². The molecule has 4 unspecified atom stereocenters. The Morgan fingerprint density at radius 1 is 0.857 bits per heavy atom. The van der Waals surface area contributed by atoms with E-state index < -0.39 is 0 Å². The van der Waals surface area contributed by atoms with E-state index in [1.807, 2.05) is 47.0 Å². The lowest BCUT2D eigenvalue weighted by Gasteiger charge is -2.57. The highest BCUT2D eigenvalue weighted by Gasteiger charge is 2.62. The number of nitrogens with one attached hydrogen (secondary N) is 1. The number of fused-ring (bicyclic) bond motifs is 5. The van der Waals surface area contributed by atoms with E-state index in [0.29, 0.717) is 11.3 Å². The maximum atomic E-state index is 10.5. The predicted octanol–water partition coefficient (Wildman–Crippen LogP) is 6.99. The molecule has 49 heavy (non-hydrogen) atoms. The number of benzene rings is 2. The summed E-state index contributed by atoms with van der Waals surface area (Å²) in [4.78, 5) is 20.2. The van der Waals surface area contributed by atoms with E-state index >= 15 is 0 Å². The minimum atomic E-state index is -0.204. The van der Waals surface area contributed by atoms with Crippen LogP contribution < -0.4 is 10.6 Å². The number of phenolic OH excluding ortho intramolecular Hbond substituents is 2. The quantitative estimate of drug-likeness (QED) is 0.152. The van der Waals surface area contributed by atoms with Crippen molar-refractivity contribution in [3.05, 3.63) is 124 Å². The van der Waals surface area contributed by atoms with Crippen LogP contribution in [0.25, 0.3) is 0 Å². The highest BCUT2D eigenvalue weighted by atomic mass is 32.1. The van der Waals surface area contributed by atoms with Gasteiger partial charge in [0, 0.05) is 87.6 Å². The highest BCUT2D eigenvalue weighted by molar-refractivity contribution is 7.10. The lowest BCUT2D eigenvalue weighted by Crippen LogP contribution is -2.98. The first-order chi connectivity index (χ1) is 23.8. The van der Waals surface area contributed by atoms with Crippen LogP contribution in [0.4, 0.5) is 0 Å². The fourth-order valence-electron chi connectivity index (χ4n) is 9.11. The molecule has 2 spiro atoms. The fourth-order valence-corrected chi connectivity index (χ4v) is 12.0. The van der Waals surface area contributed by atoms with E-state index in [9.17, 15) is 9.90 Å². The molecule has 4 atom stereocenters. The van der Waals surface area contributed by atoms with Crippen LogP contribution in [0.15, 0.2) is 75.7 Å². The van der Waals surface area contributed by atoms with E-state index in [1.165, 1.54) is 33.3 Å². The number of nitrogens with two attached hydrogens (primary N) is 1. The molecule has 4 aliphatic rings. The zero-order valence-electron chi connectivity index (χ0n) is 27.9. The molecular weight excluding hydrogens is 667 g/mol. The first-order valence-corrected chi connectivity index (χ1v) is 19.8. The number of phenols is 2. The minimum Gasteiger partial charge on any atom is -0.508 e. The molecule has 1 fully saturated rings. The van der Waals surface area contributed by atoms with Gasteiger partial charge < -0.3 is 20.8 Å². The molecule has 0 bridgehead atoms. The number of nitrogens with zero attached hydrogens (tertiary/aromatic N) is 1. The van der Waals surface area contributed by atoms with Crippen molar-refractivity contribution in [2.24, 2.45) is 10.9 Å². The SMILES string of the molecule is Cc1cc(C2CC3(CC4(NCCc5sccc54)C2C2=NCCc4sccc42)[NH2+]CCc2sccc23)ccc1O.Cc1cc(C=O)ccc1O. The van der Waals surface area contributed by atoms with Crippen molar-refractivity contribution >= 4 is 46.0 Å². The molecule has 9 rings (SSSR count). The molecule has 1 saturated carbocycles. The number of quaternary nitrogens is 1. The first kappa shape index (κ1) is 32.6. The summed E-state index contributed by atoms with van der Waals surface area (Å²) in [5, 5.41) is 33.3. The van der Waals surface area contributed by atoms with Gasteiger partial charge in [-0.1, -0.05) is 12.1 Å². The largest absolute Gasteiger partial charge is 0.508 e. The van der Waals surface area contributed by atoms with Crippen LogP contribution in [-0.4, -0.2) is 41.8 Å². The zero-order chi connectivity index (χ0) is 33.8. The predicted molar refractivity (Wildman–Crippen MR) is 200 cm³/mol. The number of aromatic hydroxyl groups is 2. The van der Waals surface area contributed by atoms with Gasteiger partial charge in [0.15, 0.2) is 0 Å². The Morgan fingerprint density at radius 3 is 2.35 bits per heavy atom. The van der Waals surface area contributed by atoms with E-state index in [0.717, 1.165) is 69.2 Å². The van der Waals surface area contributed by atoms with E-state index in [4.69, 9.17) is 10.1 Å². The number of aliphatic imine (C=N–C) groups is 1. The topological polar surface area (TPSA) is 98.5 Å². The van der Waals surface area contributed by atoms with Gasteiger partial charge in [-0.05, 0) is 101 Å². The van der Waals surface area contributed by atoms with Gasteiger partial charge in [-0.2, -0.15) is 0 Å². The number of carbonyl (C=O) groups excluding carboxylic acids is 1. The van der Waals surface area contributed by atoms with Crippen LogP contribution in [0.5, 0.6) is 11.5 Å². The van der Waals surface area contributed by atoms with Crippen LogP contribution in [0.2, 0.25) is 0 Å². The maximum Gasteiger partial charge on any atom is 0.150 e. The number of hydrogen-bond donors (Lipinski definition) is 4. The smallest absolute Gasteiger partial charge is 0.150 e. The standard InChI is InChI=1S/C32H33N3OS3.C8H8O2/c1-19-16-20(2-3-25(19)36)22-17-31(23-8-14-38-27(23)5-11-34-31)18-32(24-9-15-39-28(24)6-12-35-32)29(22)30-21-7-13-37-26(21)4-10-33-30;1-6-4-7(5-9)2-3-8(6)10/h2-3,7-9,13-16,22,29,34-36H,4-6,10-12,17-18H2,1H3;2-5,10H,1H3/p+1. The van der Waals surface area contributed by atoms with Crippen molar-refractivity contribution in [1.29, 1.82) is 0 Å². The zero-order valence-corrected chi connectivity index (χ0v) is 30.3. The van der Waals surface area contributed by atoms with Gasteiger partial charge in [0.05, 0.1) is 12.1 Å². The van der Waals surface area contributed by atoms with Crippen LogP contribution in [0.3, 0.4) is 0 Å². The normalized spacial score (nSPS) is 25.5. The summed E-state index contributed by atoms with van der Waals surface area (Å²) in [7, 11) is 0. The molecule has 3 aliphatic heterocycles. The molecule has 6 heterocycles. The molecule has 5 aromatic rings. The second-order valence-corrected chi connectivity index (χ2v) is 17.0. The van der Waals surface area contributed by atoms with E-state index in [-0.39, 0.29) is 28.7 Å². The third-order valence-corrected chi connectivity index (χ3v) is 14.2. The van der Waals surface area contributed by atoms with Crippen molar-refractivity contribution in [2.45, 2.75) is 62.9 Å². The Morgan fingerprint density at radius 2 is 1.57 bits per heavy atom. The molecule has 9 heteroatoms. The Bertz CT molecular complexity index is 2060. The van der Waals surface area contributed by atoms with E-state index in [2.05, 4.69) is 57.1 Å². The summed E-state index contributed by atoms with van der Waals surface area (Å²) in [5.41, 5.74) is 9.15. The Labute approximate surface area is 299 Å². The number of hydrogen-bond acceptors (Lipinski definition) is 8. The van der Waals surface area contributed by atoms with E-state index in [1.54, 1.807) is 34.4 Å². The van der Waals surface area contributed by atoms with Crippen molar-refractivity contribution in [3.8, 4) is 11.5 Å². The monoisotopic (exact) mass is 708 g/mol. The number of aldehydes is 1. The van der Waals surface area contributed by atoms with Crippen molar-refractivity contribution in [3.63, 3.8) is 0 Å². The third-order valence-electron chi connectivity index (χ3n) is 11.3. The van der Waals surface area contributed by atoms with Gasteiger partial charge in [0.1, 0.15) is 23.3 Å². The molecule has 5 N–H and O–H groups in total. The van der Waals surface area contributed by atoms with Gasteiger partial charge in [-0.3, -0.25) is 9.79 Å². The number of aryl methyl sites for hydroxylation is 2. The molecule has 3 aromatic heterocycles. The molecular formula is C40H42N3O3S3+. The molecule has 0 amide bonds. The molecule has 2 aromatic carbocycles. The van der Waals surface area contributed by atoms with Crippen LogP contribution in [-0.2, 0) is 30.3 Å². The fraction of sp³-hybridized carbons (Fsp3) is 0.350. The Balaban J connectivity index is 0.000000302. The molecule has 0 saturated heterocycles. The van der Waals surface area contributed by atoms with Gasteiger partial charge in [-0.25, -0.2) is 0 Å². The molecule has 252 valence electrons. The van der Waals surface area contributed by atoms with Crippen molar-refractivity contribution in [2.75, 3.05) is 19.6 Å². The summed E-state index contributed by atoms with van der Waals surface area (Å²) in [6.45, 7) is 6.81. The Kier molecular flexibility index (Phi) is 8.61. The van der Waals surface area contributed by atoms with Crippen molar-refractivity contribution < 1.29 is 20.3 Å². The number of rotatable bonds is 3. The van der Waals surface area contributed by atoms with Crippen molar-refractivity contribution in [1.82, 2.24) is 5.32 Å². The van der Waals surface area contributed by atoms with Gasteiger partial charge in [-0.15, -0.1) is 34.0 Å². The number of thiophene rings is 3. The summed E-state index contributed by atoms with van der Waals surface area (Å²) < 4.78 is 0. The van der Waals surface area contributed by atoms with Crippen LogP contribution in [0.1, 0.15) is 77.1 Å². The van der Waals surface area contributed by atoms with Gasteiger partial charge >= 0.3 is 0 Å². The molecule has 0 radical (unpaired) electrons. The second kappa shape index (κ2) is 12.9. The highest BCUT2D eigenvalue weighted by Crippen LogP contribution is 2.58. The summed E-state index contributed by atoms with van der Waals surface area (Å²) >= 11 is 5.77. The number of carbonyl (C=O) groups is 1. The minimum absolute atomic E-state index is 0.0107. The maximum absolute atomic E-state index is 10.5.